The van der Waals surface area contributed by atoms with Gasteiger partial charge in [0.2, 0.25) is 0 Å². The summed E-state index contributed by atoms with van der Waals surface area (Å²) in [4.78, 5) is 0. The number of hydrogen-bond acceptors (Lipinski definition) is 4. The lowest BCUT2D eigenvalue weighted by Crippen LogP contribution is -2.45. The van der Waals surface area contributed by atoms with Crippen LogP contribution in [0.3, 0.4) is 0 Å². The molecule has 0 bridgehead atoms. The predicted molar refractivity (Wildman–Crippen MR) is 100 cm³/mol. The van der Waals surface area contributed by atoms with Crippen LogP contribution in [0, 0.1) is 0 Å². The van der Waals surface area contributed by atoms with Crippen molar-refractivity contribution in [2.45, 2.75) is 36.8 Å². The van der Waals surface area contributed by atoms with Crippen molar-refractivity contribution in [3.8, 4) is 5.75 Å². The molecule has 2 rings (SSSR count). The molecule has 1 aliphatic rings. The van der Waals surface area contributed by atoms with Crippen LogP contribution in [-0.2, 0) is 6.42 Å². The first kappa shape index (κ1) is 17.5. The van der Waals surface area contributed by atoms with Gasteiger partial charge in [0.15, 0.2) is 0 Å². The van der Waals surface area contributed by atoms with Crippen LogP contribution < -0.4 is 10.1 Å². The number of nitrogens with one attached hydrogen (secondary N) is 1. The first-order valence-electron chi connectivity index (χ1n) is 7.44. The fourth-order valence-electron chi connectivity index (χ4n) is 2.73. The smallest absolute Gasteiger partial charge is 0.119 e. The Morgan fingerprint density at radius 1 is 1.38 bits per heavy atom. The van der Waals surface area contributed by atoms with Crippen LogP contribution in [0.25, 0.3) is 0 Å². The summed E-state index contributed by atoms with van der Waals surface area (Å²) in [6, 6.07) is 6.75. The molecule has 1 aromatic rings. The molecule has 21 heavy (non-hydrogen) atoms. The molecule has 0 amide bonds. The van der Waals surface area contributed by atoms with Gasteiger partial charge in [-0.2, -0.15) is 23.5 Å². The molecular formula is C16H24BrNOS2. The SMILES string of the molecule is CCNC(Cc1cc(OC)ccc1Br)C1SCCSC1C. The summed E-state index contributed by atoms with van der Waals surface area (Å²) < 4.78 is 6.54. The minimum absolute atomic E-state index is 0.506. The number of halogens is 1. The molecule has 1 fully saturated rings. The molecule has 0 radical (unpaired) electrons. The van der Waals surface area contributed by atoms with E-state index in [-0.39, 0.29) is 0 Å². The number of thioether (sulfide) groups is 2. The van der Waals surface area contributed by atoms with Crippen LogP contribution in [0.15, 0.2) is 22.7 Å². The average Bonchev–Trinajstić information content (AvgIpc) is 2.49. The third kappa shape index (κ3) is 4.81. The van der Waals surface area contributed by atoms with Gasteiger partial charge in [-0.05, 0) is 36.7 Å². The van der Waals surface area contributed by atoms with Crippen molar-refractivity contribution in [1.29, 1.82) is 0 Å². The molecule has 118 valence electrons. The minimum Gasteiger partial charge on any atom is -0.497 e. The summed E-state index contributed by atoms with van der Waals surface area (Å²) >= 11 is 7.91. The van der Waals surface area contributed by atoms with Gasteiger partial charge in [-0.1, -0.05) is 29.8 Å². The number of rotatable bonds is 6. The molecule has 0 aliphatic carbocycles. The second kappa shape index (κ2) is 8.70. The van der Waals surface area contributed by atoms with Crippen LogP contribution in [0.1, 0.15) is 19.4 Å². The molecule has 1 saturated heterocycles. The third-order valence-corrected chi connectivity index (χ3v) is 7.82. The lowest BCUT2D eigenvalue weighted by atomic mass is 10.0. The van der Waals surface area contributed by atoms with E-state index in [9.17, 15) is 0 Å². The van der Waals surface area contributed by atoms with Crippen LogP contribution in [-0.4, -0.2) is 41.7 Å². The van der Waals surface area contributed by atoms with Crippen molar-refractivity contribution in [2.24, 2.45) is 0 Å². The molecule has 3 atom stereocenters. The molecule has 5 heteroatoms. The molecule has 0 spiro atoms. The topological polar surface area (TPSA) is 21.3 Å². The van der Waals surface area contributed by atoms with E-state index in [1.807, 2.05) is 6.07 Å². The summed E-state index contributed by atoms with van der Waals surface area (Å²) in [5, 5.41) is 5.07. The second-order valence-corrected chi connectivity index (χ2v) is 8.86. The highest BCUT2D eigenvalue weighted by atomic mass is 79.9. The quantitative estimate of drug-likeness (QED) is 0.785. The van der Waals surface area contributed by atoms with Gasteiger partial charge in [-0.15, -0.1) is 0 Å². The van der Waals surface area contributed by atoms with Crippen LogP contribution in [0.2, 0.25) is 0 Å². The third-order valence-electron chi connectivity index (χ3n) is 3.79. The maximum Gasteiger partial charge on any atom is 0.119 e. The lowest BCUT2D eigenvalue weighted by Gasteiger charge is -2.35. The van der Waals surface area contributed by atoms with Crippen LogP contribution in [0.5, 0.6) is 5.75 Å². The molecule has 1 aromatic carbocycles. The maximum atomic E-state index is 5.37. The Kier molecular flexibility index (Phi) is 7.26. The number of ether oxygens (including phenoxy) is 1. The molecule has 0 aromatic heterocycles. The molecular weight excluding hydrogens is 366 g/mol. The van der Waals surface area contributed by atoms with Gasteiger partial charge in [-0.25, -0.2) is 0 Å². The highest BCUT2D eigenvalue weighted by Gasteiger charge is 2.30. The van der Waals surface area contributed by atoms with Crippen molar-refractivity contribution in [1.82, 2.24) is 5.32 Å². The fraction of sp³-hybridized carbons (Fsp3) is 0.625. The van der Waals surface area contributed by atoms with Crippen LogP contribution in [0.4, 0.5) is 0 Å². The fourth-order valence-corrected chi connectivity index (χ4v) is 6.10. The summed E-state index contributed by atoms with van der Waals surface area (Å²) in [7, 11) is 1.73. The van der Waals surface area contributed by atoms with Gasteiger partial charge >= 0.3 is 0 Å². The number of hydrogen-bond donors (Lipinski definition) is 1. The minimum atomic E-state index is 0.506. The van der Waals surface area contributed by atoms with E-state index in [0.29, 0.717) is 16.5 Å². The molecule has 1 N–H and O–H groups in total. The van der Waals surface area contributed by atoms with Crippen molar-refractivity contribution < 1.29 is 4.74 Å². The van der Waals surface area contributed by atoms with Crippen molar-refractivity contribution in [3.63, 3.8) is 0 Å². The van der Waals surface area contributed by atoms with Crippen molar-refractivity contribution in [3.05, 3.63) is 28.2 Å². The summed E-state index contributed by atoms with van der Waals surface area (Å²) in [6.45, 7) is 5.58. The number of likely N-dealkylation sites (N-methyl/N-ethyl adjacent to an activating group) is 1. The zero-order valence-electron chi connectivity index (χ0n) is 12.9. The largest absolute Gasteiger partial charge is 0.497 e. The standard InChI is InChI=1S/C16H24BrNOS2/c1-4-18-15(16-11(2)20-7-8-21-16)10-12-9-13(19-3)5-6-14(12)17/h5-6,9,11,15-16,18H,4,7-8,10H2,1-3H3. The Bertz CT molecular complexity index is 458. The van der Waals surface area contributed by atoms with E-state index in [1.54, 1.807) is 7.11 Å². The van der Waals surface area contributed by atoms with E-state index in [0.717, 1.165) is 18.7 Å². The zero-order valence-corrected chi connectivity index (χ0v) is 16.1. The Labute approximate surface area is 145 Å². The molecule has 3 unspecified atom stereocenters. The zero-order chi connectivity index (χ0) is 15.2. The first-order valence-corrected chi connectivity index (χ1v) is 10.3. The van der Waals surface area contributed by atoms with Crippen LogP contribution >= 0.6 is 39.5 Å². The van der Waals surface area contributed by atoms with Gasteiger partial charge in [0, 0.05) is 32.5 Å². The van der Waals surface area contributed by atoms with E-state index < -0.39 is 0 Å². The van der Waals surface area contributed by atoms with Crippen molar-refractivity contribution >= 4 is 39.5 Å². The highest BCUT2D eigenvalue weighted by molar-refractivity contribution is 9.10. The summed E-state index contributed by atoms with van der Waals surface area (Å²) in [5.41, 5.74) is 1.32. The Morgan fingerprint density at radius 2 is 2.14 bits per heavy atom. The van der Waals surface area contributed by atoms with E-state index in [2.05, 4.69) is 70.8 Å². The van der Waals surface area contributed by atoms with Gasteiger partial charge in [-0.3, -0.25) is 0 Å². The summed E-state index contributed by atoms with van der Waals surface area (Å²) in [6.07, 6.45) is 1.04. The first-order chi connectivity index (χ1) is 10.2. The maximum absolute atomic E-state index is 5.37. The van der Waals surface area contributed by atoms with Crippen molar-refractivity contribution in [2.75, 3.05) is 25.2 Å². The Morgan fingerprint density at radius 3 is 2.81 bits per heavy atom. The van der Waals surface area contributed by atoms with Gasteiger partial charge < -0.3 is 10.1 Å². The Hall–Kier alpha value is 0.160. The molecule has 2 nitrogen and oxygen atoms in total. The van der Waals surface area contributed by atoms with E-state index in [1.165, 1.54) is 21.5 Å². The predicted octanol–water partition coefficient (Wildman–Crippen LogP) is 4.22. The van der Waals surface area contributed by atoms with E-state index in [4.69, 9.17) is 4.74 Å². The second-order valence-electron chi connectivity index (χ2n) is 5.24. The van der Waals surface area contributed by atoms with Gasteiger partial charge in [0.25, 0.3) is 0 Å². The average molecular weight is 390 g/mol. The highest BCUT2D eigenvalue weighted by Crippen LogP contribution is 2.35. The Balaban J connectivity index is 2.15. The lowest BCUT2D eigenvalue weighted by molar-refractivity contribution is 0.413. The van der Waals surface area contributed by atoms with Gasteiger partial charge in [0.05, 0.1) is 7.11 Å². The summed E-state index contributed by atoms with van der Waals surface area (Å²) in [5.74, 6) is 3.48. The normalized spacial score (nSPS) is 23.8. The number of benzene rings is 1. The molecule has 0 saturated carbocycles. The van der Waals surface area contributed by atoms with Gasteiger partial charge in [0.1, 0.15) is 5.75 Å². The van der Waals surface area contributed by atoms with E-state index >= 15 is 0 Å². The molecule has 1 aliphatic heterocycles. The molecule has 1 heterocycles. The number of methoxy groups -OCH3 is 1. The monoisotopic (exact) mass is 389 g/mol.